The molecular weight excluding hydrogens is 398 g/mol. The van der Waals surface area contributed by atoms with E-state index in [-0.39, 0.29) is 0 Å². The first-order valence-electron chi connectivity index (χ1n) is 5.06. The monoisotopic (exact) mass is 409 g/mol. The average Bonchev–Trinajstić information content (AvgIpc) is 2.20. The molecule has 16 heavy (non-hydrogen) atoms. The van der Waals surface area contributed by atoms with Crippen LogP contribution in [0.2, 0.25) is 0 Å². The van der Waals surface area contributed by atoms with Gasteiger partial charge in [0.15, 0.2) is 0 Å². The van der Waals surface area contributed by atoms with Gasteiger partial charge in [-0.1, -0.05) is 22.0 Å². The molecule has 1 aromatic rings. The van der Waals surface area contributed by atoms with Gasteiger partial charge in [-0.15, -0.1) is 6.58 Å². The zero-order valence-electron chi connectivity index (χ0n) is 9.06. The lowest BCUT2D eigenvalue weighted by Gasteiger charge is -2.17. The highest BCUT2D eigenvalue weighted by atomic mass is 79.9. The number of hydrogen-bond donors (Lipinski definition) is 1. The maximum atomic E-state index is 3.73. The lowest BCUT2D eigenvalue weighted by Crippen LogP contribution is -2.15. The van der Waals surface area contributed by atoms with E-state index in [2.05, 4.69) is 66.6 Å². The second-order valence-corrected chi connectivity index (χ2v) is 6.28. The molecule has 0 aliphatic rings. The summed E-state index contributed by atoms with van der Waals surface area (Å²) in [5.41, 5.74) is 1.10. The predicted molar refractivity (Wildman–Crippen MR) is 82.1 cm³/mol. The first-order valence-corrected chi connectivity index (χ1v) is 7.44. The highest BCUT2D eigenvalue weighted by Gasteiger charge is 2.09. The Balaban J connectivity index is 2.76. The van der Waals surface area contributed by atoms with Gasteiger partial charge in [-0.2, -0.15) is 0 Å². The van der Waals surface area contributed by atoms with E-state index in [4.69, 9.17) is 0 Å². The van der Waals surface area contributed by atoms with Crippen molar-refractivity contribution in [2.24, 2.45) is 0 Å². The molecule has 0 saturated carbocycles. The summed E-state index contributed by atoms with van der Waals surface area (Å²) in [6, 6.07) is 4.49. The molecule has 1 rings (SSSR count). The van der Waals surface area contributed by atoms with Crippen LogP contribution in [0.4, 0.5) is 5.69 Å². The molecule has 1 N–H and O–H groups in total. The minimum atomic E-state index is 0.423. The van der Waals surface area contributed by atoms with E-state index in [0.29, 0.717) is 6.04 Å². The van der Waals surface area contributed by atoms with E-state index in [0.717, 1.165) is 31.9 Å². The summed E-state index contributed by atoms with van der Waals surface area (Å²) in [4.78, 5) is 0. The third kappa shape index (κ3) is 4.22. The van der Waals surface area contributed by atoms with Gasteiger partial charge in [0.1, 0.15) is 0 Å². The number of benzene rings is 1. The number of anilines is 1. The second kappa shape index (κ2) is 6.82. The third-order valence-corrected chi connectivity index (χ3v) is 3.91. The Hall–Kier alpha value is 0.200. The highest BCUT2D eigenvalue weighted by molar-refractivity contribution is 9.11. The van der Waals surface area contributed by atoms with Crippen LogP contribution in [-0.4, -0.2) is 6.04 Å². The van der Waals surface area contributed by atoms with Gasteiger partial charge >= 0.3 is 0 Å². The first kappa shape index (κ1) is 14.3. The fourth-order valence-corrected chi connectivity index (χ4v) is 3.85. The largest absolute Gasteiger partial charge is 0.381 e. The van der Waals surface area contributed by atoms with Crippen molar-refractivity contribution < 1.29 is 0 Å². The number of allylic oxidation sites excluding steroid dienone is 1. The molecule has 0 heterocycles. The van der Waals surface area contributed by atoms with E-state index in [9.17, 15) is 0 Å². The fraction of sp³-hybridized carbons (Fsp3) is 0.333. The minimum Gasteiger partial charge on any atom is -0.381 e. The number of hydrogen-bond acceptors (Lipinski definition) is 1. The average molecular weight is 412 g/mol. The lowest BCUT2D eigenvalue weighted by molar-refractivity contribution is 0.718. The third-order valence-electron chi connectivity index (χ3n) is 2.20. The van der Waals surface area contributed by atoms with E-state index >= 15 is 0 Å². The van der Waals surface area contributed by atoms with Crippen molar-refractivity contribution >= 4 is 53.5 Å². The van der Waals surface area contributed by atoms with Crippen molar-refractivity contribution in [3.63, 3.8) is 0 Å². The Kier molecular flexibility index (Phi) is 6.08. The molecule has 0 aliphatic heterocycles. The summed E-state index contributed by atoms with van der Waals surface area (Å²) in [5, 5.41) is 3.48. The van der Waals surface area contributed by atoms with Crippen LogP contribution in [0.5, 0.6) is 0 Å². The molecule has 0 aromatic heterocycles. The normalized spacial score (nSPS) is 12.2. The highest BCUT2D eigenvalue weighted by Crippen LogP contribution is 2.34. The second-order valence-electron chi connectivity index (χ2n) is 3.66. The number of halogens is 3. The van der Waals surface area contributed by atoms with Gasteiger partial charge in [-0.05, 0) is 63.8 Å². The molecule has 4 heteroatoms. The summed E-state index contributed by atoms with van der Waals surface area (Å²) in [6.45, 7) is 5.90. The van der Waals surface area contributed by atoms with Gasteiger partial charge in [0.2, 0.25) is 0 Å². The first-order chi connectivity index (χ1) is 7.54. The summed E-state index contributed by atoms with van der Waals surface area (Å²) < 4.78 is 3.16. The maximum absolute atomic E-state index is 3.73. The van der Waals surface area contributed by atoms with Crippen molar-refractivity contribution in [2.45, 2.75) is 25.8 Å². The SMILES string of the molecule is C=CCCC(C)Nc1c(Br)cc(Br)cc1Br. The summed E-state index contributed by atoms with van der Waals surface area (Å²) in [7, 11) is 0. The van der Waals surface area contributed by atoms with Crippen molar-refractivity contribution in [1.82, 2.24) is 0 Å². The topological polar surface area (TPSA) is 12.0 Å². The molecular formula is C12H14Br3N. The molecule has 0 spiro atoms. The van der Waals surface area contributed by atoms with Crippen molar-refractivity contribution in [1.29, 1.82) is 0 Å². The molecule has 1 atom stereocenters. The molecule has 0 amide bonds. The van der Waals surface area contributed by atoms with Gasteiger partial charge in [0.05, 0.1) is 5.69 Å². The van der Waals surface area contributed by atoms with Gasteiger partial charge < -0.3 is 5.32 Å². The quantitative estimate of drug-likeness (QED) is 0.609. The van der Waals surface area contributed by atoms with Crippen LogP contribution in [-0.2, 0) is 0 Å². The number of nitrogens with one attached hydrogen (secondary N) is 1. The summed E-state index contributed by atoms with van der Waals surface area (Å²) >= 11 is 10.6. The Bertz CT molecular complexity index is 354. The summed E-state index contributed by atoms with van der Waals surface area (Å²) in [6.07, 6.45) is 4.06. The molecule has 1 unspecified atom stereocenters. The van der Waals surface area contributed by atoms with Crippen LogP contribution in [0.15, 0.2) is 38.2 Å². The van der Waals surface area contributed by atoms with Crippen LogP contribution in [0.1, 0.15) is 19.8 Å². The van der Waals surface area contributed by atoms with Crippen LogP contribution < -0.4 is 5.32 Å². The lowest BCUT2D eigenvalue weighted by atomic mass is 10.1. The predicted octanol–water partition coefficient (Wildman–Crippen LogP) is 5.74. The molecule has 0 bridgehead atoms. The minimum absolute atomic E-state index is 0.423. The molecule has 0 saturated heterocycles. The van der Waals surface area contributed by atoms with Crippen molar-refractivity contribution in [2.75, 3.05) is 5.32 Å². The van der Waals surface area contributed by atoms with Crippen LogP contribution in [0.25, 0.3) is 0 Å². The fourth-order valence-electron chi connectivity index (χ4n) is 1.37. The van der Waals surface area contributed by atoms with E-state index in [1.807, 2.05) is 18.2 Å². The summed E-state index contributed by atoms with van der Waals surface area (Å²) in [5.74, 6) is 0. The van der Waals surface area contributed by atoms with E-state index < -0.39 is 0 Å². The van der Waals surface area contributed by atoms with Crippen LogP contribution in [0, 0.1) is 0 Å². The molecule has 88 valence electrons. The maximum Gasteiger partial charge on any atom is 0.0631 e. The Morgan fingerprint density at radius 1 is 1.31 bits per heavy atom. The van der Waals surface area contributed by atoms with Gasteiger partial charge in [0, 0.05) is 19.5 Å². The van der Waals surface area contributed by atoms with E-state index in [1.165, 1.54) is 0 Å². The smallest absolute Gasteiger partial charge is 0.0631 e. The van der Waals surface area contributed by atoms with Crippen LogP contribution in [0.3, 0.4) is 0 Å². The van der Waals surface area contributed by atoms with Gasteiger partial charge in [0.25, 0.3) is 0 Å². The molecule has 0 aliphatic carbocycles. The molecule has 0 fully saturated rings. The Labute approximate surface area is 122 Å². The number of rotatable bonds is 5. The molecule has 0 radical (unpaired) electrons. The van der Waals surface area contributed by atoms with Crippen molar-refractivity contribution in [3.8, 4) is 0 Å². The van der Waals surface area contributed by atoms with Gasteiger partial charge in [-0.25, -0.2) is 0 Å². The standard InChI is InChI=1S/C12H14Br3N/c1-3-4-5-8(2)16-12-10(14)6-9(13)7-11(12)15/h3,6-8,16H,1,4-5H2,2H3. The zero-order valence-corrected chi connectivity index (χ0v) is 13.8. The van der Waals surface area contributed by atoms with E-state index in [1.54, 1.807) is 0 Å². The zero-order chi connectivity index (χ0) is 12.1. The Morgan fingerprint density at radius 2 is 1.88 bits per heavy atom. The molecule has 1 aromatic carbocycles. The Morgan fingerprint density at radius 3 is 2.38 bits per heavy atom. The van der Waals surface area contributed by atoms with Gasteiger partial charge in [-0.3, -0.25) is 0 Å². The van der Waals surface area contributed by atoms with Crippen LogP contribution >= 0.6 is 47.8 Å². The molecule has 1 nitrogen and oxygen atoms in total. The van der Waals surface area contributed by atoms with Crippen molar-refractivity contribution in [3.05, 3.63) is 38.2 Å².